The van der Waals surface area contributed by atoms with E-state index in [0.717, 1.165) is 31.2 Å². The van der Waals surface area contributed by atoms with Crippen molar-refractivity contribution < 1.29 is 5.11 Å². The lowest BCUT2D eigenvalue weighted by molar-refractivity contribution is -0.0286. The van der Waals surface area contributed by atoms with E-state index in [1.54, 1.807) is 6.33 Å². The molecule has 2 aromatic rings. The number of hydrogen-bond acceptors (Lipinski definition) is 3. The fourth-order valence-corrected chi connectivity index (χ4v) is 3.11. The van der Waals surface area contributed by atoms with E-state index in [1.807, 2.05) is 35.0 Å². The van der Waals surface area contributed by atoms with Crippen molar-refractivity contribution in [1.82, 2.24) is 14.8 Å². The molecule has 0 aliphatic heterocycles. The largest absolute Gasteiger partial charge is 0.383 e. The monoisotopic (exact) mass is 257 g/mol. The van der Waals surface area contributed by atoms with Gasteiger partial charge in [0.05, 0.1) is 6.04 Å². The number of aliphatic hydroxyl groups is 1. The van der Waals surface area contributed by atoms with E-state index < -0.39 is 5.60 Å². The third kappa shape index (κ3) is 2.28. The molecule has 0 amide bonds. The molecule has 19 heavy (non-hydrogen) atoms. The maximum atomic E-state index is 11.3. The molecule has 4 heteroatoms. The molecule has 0 saturated heterocycles. The lowest BCUT2D eigenvalue weighted by atomic mass is 9.82. The van der Waals surface area contributed by atoms with E-state index in [0.29, 0.717) is 0 Å². The summed E-state index contributed by atoms with van der Waals surface area (Å²) in [7, 11) is 0. The maximum Gasteiger partial charge on any atom is 0.137 e. The van der Waals surface area contributed by atoms with E-state index in [1.165, 1.54) is 12.7 Å². The minimum absolute atomic E-state index is 0.0279. The zero-order valence-electron chi connectivity index (χ0n) is 10.9. The van der Waals surface area contributed by atoms with Crippen LogP contribution in [-0.4, -0.2) is 19.9 Å². The van der Waals surface area contributed by atoms with Gasteiger partial charge in [0, 0.05) is 0 Å². The summed E-state index contributed by atoms with van der Waals surface area (Å²) in [6.45, 7) is 0. The molecule has 0 radical (unpaired) electrons. The molecule has 0 bridgehead atoms. The van der Waals surface area contributed by atoms with Gasteiger partial charge in [-0.3, -0.25) is 0 Å². The van der Waals surface area contributed by atoms with Gasteiger partial charge in [-0.05, 0) is 18.4 Å². The van der Waals surface area contributed by atoms with Crippen molar-refractivity contribution in [2.75, 3.05) is 0 Å². The molecule has 1 aromatic heterocycles. The van der Waals surface area contributed by atoms with Gasteiger partial charge in [-0.1, -0.05) is 49.6 Å². The van der Waals surface area contributed by atoms with Crippen molar-refractivity contribution in [2.24, 2.45) is 0 Å². The second kappa shape index (κ2) is 5.13. The van der Waals surface area contributed by atoms with E-state index in [4.69, 9.17) is 0 Å². The van der Waals surface area contributed by atoms with Gasteiger partial charge in [0.1, 0.15) is 18.3 Å². The smallest absolute Gasteiger partial charge is 0.137 e. The van der Waals surface area contributed by atoms with Gasteiger partial charge < -0.3 is 5.11 Å². The van der Waals surface area contributed by atoms with Crippen LogP contribution in [0.4, 0.5) is 0 Å². The third-order valence-electron chi connectivity index (χ3n) is 4.12. The number of hydrogen-bond donors (Lipinski definition) is 1. The summed E-state index contributed by atoms with van der Waals surface area (Å²) in [5, 5.41) is 15.5. The van der Waals surface area contributed by atoms with Gasteiger partial charge in [-0.2, -0.15) is 5.10 Å². The summed E-state index contributed by atoms with van der Waals surface area (Å²) in [5.74, 6) is 0. The van der Waals surface area contributed by atoms with Crippen LogP contribution in [0.3, 0.4) is 0 Å². The van der Waals surface area contributed by atoms with E-state index in [9.17, 15) is 5.11 Å². The van der Waals surface area contributed by atoms with Gasteiger partial charge >= 0.3 is 0 Å². The zero-order chi connectivity index (χ0) is 13.1. The number of nitrogens with zero attached hydrogens (tertiary/aromatic N) is 3. The Morgan fingerprint density at radius 3 is 2.74 bits per heavy atom. The normalized spacial score (nSPS) is 27.9. The number of aromatic nitrogens is 3. The Bertz CT molecular complexity index is 511. The van der Waals surface area contributed by atoms with Crippen molar-refractivity contribution >= 4 is 0 Å². The third-order valence-corrected chi connectivity index (χ3v) is 4.12. The van der Waals surface area contributed by atoms with Gasteiger partial charge in [0.2, 0.25) is 0 Å². The first-order chi connectivity index (χ1) is 9.31. The van der Waals surface area contributed by atoms with Crippen molar-refractivity contribution in [3.8, 4) is 0 Å². The van der Waals surface area contributed by atoms with Crippen LogP contribution in [0.2, 0.25) is 0 Å². The molecule has 1 fully saturated rings. The molecule has 1 N–H and O–H groups in total. The molecule has 0 spiro atoms. The molecule has 1 saturated carbocycles. The SMILES string of the molecule is OC1(c2ccccc2)CCCCCC1n1cncn1. The zero-order valence-corrected chi connectivity index (χ0v) is 10.9. The quantitative estimate of drug-likeness (QED) is 0.841. The fourth-order valence-electron chi connectivity index (χ4n) is 3.11. The predicted octanol–water partition coefficient (Wildman–Crippen LogP) is 2.67. The van der Waals surface area contributed by atoms with Gasteiger partial charge in [0.25, 0.3) is 0 Å². The molecule has 1 heterocycles. The van der Waals surface area contributed by atoms with Crippen molar-refractivity contribution in [3.63, 3.8) is 0 Å². The first kappa shape index (κ1) is 12.4. The summed E-state index contributed by atoms with van der Waals surface area (Å²) in [4.78, 5) is 4.03. The topological polar surface area (TPSA) is 50.9 Å². The van der Waals surface area contributed by atoms with Gasteiger partial charge in [0.15, 0.2) is 0 Å². The highest BCUT2D eigenvalue weighted by Gasteiger charge is 2.40. The van der Waals surface area contributed by atoms with Crippen molar-refractivity contribution in [3.05, 3.63) is 48.5 Å². The van der Waals surface area contributed by atoms with Crippen LogP contribution >= 0.6 is 0 Å². The Balaban J connectivity index is 2.03. The highest BCUT2D eigenvalue weighted by Crippen LogP contribution is 2.42. The van der Waals surface area contributed by atoms with Crippen LogP contribution in [0.1, 0.15) is 43.7 Å². The van der Waals surface area contributed by atoms with Crippen LogP contribution in [0.5, 0.6) is 0 Å². The Morgan fingerprint density at radius 1 is 1.16 bits per heavy atom. The summed E-state index contributed by atoms with van der Waals surface area (Å²) in [6.07, 6.45) is 8.31. The molecule has 2 unspecified atom stereocenters. The van der Waals surface area contributed by atoms with Crippen LogP contribution in [0.25, 0.3) is 0 Å². The van der Waals surface area contributed by atoms with Crippen LogP contribution in [-0.2, 0) is 5.60 Å². The standard InChI is InChI=1S/C15H19N3O/c19-15(13-7-3-1-4-8-13)10-6-2-5-9-14(15)18-12-16-11-17-18/h1,3-4,7-8,11-12,14,19H,2,5-6,9-10H2. The molecule has 4 nitrogen and oxygen atoms in total. The van der Waals surface area contributed by atoms with Gasteiger partial charge in [-0.25, -0.2) is 9.67 Å². The van der Waals surface area contributed by atoms with Crippen LogP contribution in [0.15, 0.2) is 43.0 Å². The fraction of sp³-hybridized carbons (Fsp3) is 0.467. The molecule has 1 aromatic carbocycles. The Kier molecular flexibility index (Phi) is 3.34. The lowest BCUT2D eigenvalue weighted by Crippen LogP contribution is -2.36. The summed E-state index contributed by atoms with van der Waals surface area (Å²) >= 11 is 0. The summed E-state index contributed by atoms with van der Waals surface area (Å²) in [5.41, 5.74) is 0.142. The Labute approximate surface area is 113 Å². The second-order valence-electron chi connectivity index (χ2n) is 5.28. The molecule has 100 valence electrons. The minimum atomic E-state index is -0.842. The maximum absolute atomic E-state index is 11.3. The summed E-state index contributed by atoms with van der Waals surface area (Å²) in [6, 6.07) is 9.94. The Morgan fingerprint density at radius 2 is 2.00 bits per heavy atom. The highest BCUT2D eigenvalue weighted by atomic mass is 16.3. The molecule has 3 rings (SSSR count). The van der Waals surface area contributed by atoms with Crippen molar-refractivity contribution in [2.45, 2.75) is 43.7 Å². The van der Waals surface area contributed by atoms with Crippen molar-refractivity contribution in [1.29, 1.82) is 0 Å². The number of benzene rings is 1. The molecule has 1 aliphatic carbocycles. The van der Waals surface area contributed by atoms with Crippen LogP contribution < -0.4 is 0 Å². The van der Waals surface area contributed by atoms with Gasteiger partial charge in [-0.15, -0.1) is 0 Å². The predicted molar refractivity (Wildman–Crippen MR) is 72.5 cm³/mol. The lowest BCUT2D eigenvalue weighted by Gasteiger charge is -2.35. The molecule has 1 aliphatic rings. The first-order valence-electron chi connectivity index (χ1n) is 6.93. The number of rotatable bonds is 2. The first-order valence-corrected chi connectivity index (χ1v) is 6.93. The molecular weight excluding hydrogens is 238 g/mol. The molecule has 2 atom stereocenters. The Hall–Kier alpha value is -1.68. The van der Waals surface area contributed by atoms with E-state index in [2.05, 4.69) is 10.1 Å². The minimum Gasteiger partial charge on any atom is -0.383 e. The average molecular weight is 257 g/mol. The van der Waals surface area contributed by atoms with Crippen LogP contribution in [0, 0.1) is 0 Å². The second-order valence-corrected chi connectivity index (χ2v) is 5.28. The summed E-state index contributed by atoms with van der Waals surface area (Å²) < 4.78 is 1.82. The van der Waals surface area contributed by atoms with E-state index >= 15 is 0 Å². The van der Waals surface area contributed by atoms with E-state index in [-0.39, 0.29) is 6.04 Å². The average Bonchev–Trinajstić information content (AvgIpc) is 2.90. The molecular formula is C15H19N3O. The highest BCUT2D eigenvalue weighted by molar-refractivity contribution is 5.24.